The summed E-state index contributed by atoms with van der Waals surface area (Å²) in [6.45, 7) is 11.0. The maximum atomic E-state index is 5.87. The first-order valence-electron chi connectivity index (χ1n) is 7.22. The van der Waals surface area contributed by atoms with Crippen LogP contribution < -0.4 is 5.32 Å². The van der Waals surface area contributed by atoms with Crippen molar-refractivity contribution in [1.82, 2.24) is 15.2 Å². The molecule has 0 amide bonds. The van der Waals surface area contributed by atoms with Gasteiger partial charge in [-0.2, -0.15) is 0 Å². The van der Waals surface area contributed by atoms with Crippen LogP contribution in [-0.4, -0.2) is 22.5 Å². The van der Waals surface area contributed by atoms with Crippen molar-refractivity contribution in [3.63, 3.8) is 0 Å². The second-order valence-electron chi connectivity index (χ2n) is 6.55. The van der Waals surface area contributed by atoms with Crippen LogP contribution in [0.3, 0.4) is 0 Å². The van der Waals surface area contributed by atoms with Crippen LogP contribution >= 0.6 is 11.3 Å². The minimum absolute atomic E-state index is 0.116. The van der Waals surface area contributed by atoms with E-state index in [2.05, 4.69) is 54.5 Å². The van der Waals surface area contributed by atoms with Crippen LogP contribution in [0, 0.1) is 6.92 Å². The first-order valence-corrected chi connectivity index (χ1v) is 8.16. The van der Waals surface area contributed by atoms with E-state index in [1.165, 1.54) is 5.56 Å². The molecule has 0 aliphatic rings. The van der Waals surface area contributed by atoms with E-state index in [0.29, 0.717) is 0 Å². The lowest BCUT2D eigenvalue weighted by Gasteiger charge is -2.20. The Labute approximate surface area is 131 Å². The van der Waals surface area contributed by atoms with Gasteiger partial charge in [0.15, 0.2) is 0 Å². The van der Waals surface area contributed by atoms with Crippen LogP contribution in [-0.2, 0) is 19.6 Å². The Morgan fingerprint density at radius 1 is 1.33 bits per heavy atom. The number of hydrogen-bond acceptors (Lipinski definition) is 5. The number of hydrogen-bond donors (Lipinski definition) is 1. The minimum atomic E-state index is 0.116. The Bertz CT molecular complexity index is 555. The molecule has 2 heterocycles. The number of thiazole rings is 1. The summed E-state index contributed by atoms with van der Waals surface area (Å²) < 4.78 is 5.87. The Balaban J connectivity index is 1.92. The molecule has 2 aromatic heterocycles. The van der Waals surface area contributed by atoms with Gasteiger partial charge in [0.2, 0.25) is 0 Å². The van der Waals surface area contributed by atoms with Gasteiger partial charge in [0, 0.05) is 29.6 Å². The van der Waals surface area contributed by atoms with E-state index in [0.717, 1.165) is 36.8 Å². The van der Waals surface area contributed by atoms with Crippen LogP contribution in [0.2, 0.25) is 0 Å². The first kappa shape index (κ1) is 16.2. The molecule has 0 unspecified atom stereocenters. The van der Waals surface area contributed by atoms with Gasteiger partial charge in [-0.25, -0.2) is 4.98 Å². The molecule has 0 aliphatic carbocycles. The lowest BCUT2D eigenvalue weighted by atomic mass is 10.1. The van der Waals surface area contributed by atoms with E-state index in [4.69, 9.17) is 4.42 Å². The molecule has 1 N–H and O–H groups in total. The van der Waals surface area contributed by atoms with Crippen molar-refractivity contribution in [1.29, 1.82) is 0 Å². The zero-order valence-corrected chi connectivity index (χ0v) is 14.4. The zero-order chi connectivity index (χ0) is 15.5. The summed E-state index contributed by atoms with van der Waals surface area (Å²) in [5.41, 5.74) is 4.34. The van der Waals surface area contributed by atoms with Crippen molar-refractivity contribution in [2.75, 3.05) is 7.05 Å². The Morgan fingerprint density at radius 3 is 2.71 bits per heavy atom. The molecule has 0 saturated heterocycles. The highest BCUT2D eigenvalue weighted by Crippen LogP contribution is 2.17. The van der Waals surface area contributed by atoms with E-state index in [9.17, 15) is 0 Å². The summed E-state index contributed by atoms with van der Waals surface area (Å²) in [6, 6.07) is 2.16. The molecule has 116 valence electrons. The number of nitrogens with zero attached hydrogens (tertiary/aromatic N) is 2. The molecule has 0 bridgehead atoms. The van der Waals surface area contributed by atoms with Crippen LogP contribution in [0.15, 0.2) is 21.4 Å². The third-order valence-corrected chi connectivity index (χ3v) is 3.86. The number of rotatable bonds is 6. The molecule has 0 atom stereocenters. The quantitative estimate of drug-likeness (QED) is 0.886. The molecular weight excluding hydrogens is 282 g/mol. The van der Waals surface area contributed by atoms with Gasteiger partial charge in [0.25, 0.3) is 0 Å². The summed E-state index contributed by atoms with van der Waals surface area (Å²) in [6.07, 6.45) is 0. The summed E-state index contributed by atoms with van der Waals surface area (Å²) in [4.78, 5) is 6.53. The van der Waals surface area contributed by atoms with E-state index >= 15 is 0 Å². The maximum Gasteiger partial charge on any atom is 0.118 e. The monoisotopic (exact) mass is 307 g/mol. The fraction of sp³-hybridized carbons (Fsp3) is 0.562. The fourth-order valence-electron chi connectivity index (χ4n) is 2.12. The maximum absolute atomic E-state index is 5.87. The number of aryl methyl sites for hydroxylation is 1. The number of aromatic nitrogens is 1. The summed E-state index contributed by atoms with van der Waals surface area (Å²) >= 11 is 1.63. The smallest absolute Gasteiger partial charge is 0.118 e. The minimum Gasteiger partial charge on any atom is -0.465 e. The van der Waals surface area contributed by atoms with E-state index < -0.39 is 0 Å². The average Bonchev–Trinajstić information content (AvgIpc) is 2.96. The van der Waals surface area contributed by atoms with Gasteiger partial charge >= 0.3 is 0 Å². The Hall–Kier alpha value is -1.17. The third-order valence-electron chi connectivity index (χ3n) is 3.22. The van der Waals surface area contributed by atoms with Crippen molar-refractivity contribution in [2.24, 2.45) is 0 Å². The van der Waals surface area contributed by atoms with Crippen molar-refractivity contribution in [3.8, 4) is 0 Å². The highest BCUT2D eigenvalue weighted by Gasteiger charge is 2.13. The predicted octanol–water partition coefficient (Wildman–Crippen LogP) is 3.56. The second-order valence-corrected chi connectivity index (χ2v) is 7.27. The largest absolute Gasteiger partial charge is 0.465 e. The summed E-state index contributed by atoms with van der Waals surface area (Å²) in [5, 5.41) is 5.59. The highest BCUT2D eigenvalue weighted by molar-refractivity contribution is 7.07. The lowest BCUT2D eigenvalue weighted by Crippen LogP contribution is -2.35. The van der Waals surface area contributed by atoms with Crippen molar-refractivity contribution in [2.45, 2.75) is 52.9 Å². The lowest BCUT2D eigenvalue weighted by molar-refractivity contribution is 0.282. The summed E-state index contributed by atoms with van der Waals surface area (Å²) in [7, 11) is 2.09. The highest BCUT2D eigenvalue weighted by atomic mass is 32.1. The Morgan fingerprint density at radius 2 is 2.10 bits per heavy atom. The molecule has 0 fully saturated rings. The van der Waals surface area contributed by atoms with Gasteiger partial charge in [-0.15, -0.1) is 11.3 Å². The molecule has 0 aliphatic heterocycles. The number of nitrogens with one attached hydrogen (secondary N) is 1. The van der Waals surface area contributed by atoms with E-state index in [1.807, 2.05) is 12.4 Å². The fourth-order valence-corrected chi connectivity index (χ4v) is 2.67. The first-order chi connectivity index (χ1) is 9.83. The molecule has 2 aromatic rings. The van der Waals surface area contributed by atoms with Gasteiger partial charge in [-0.05, 0) is 40.8 Å². The molecule has 0 spiro atoms. The van der Waals surface area contributed by atoms with Gasteiger partial charge < -0.3 is 9.73 Å². The molecule has 0 radical (unpaired) electrons. The third kappa shape index (κ3) is 5.26. The molecule has 0 aromatic carbocycles. The normalized spacial score (nSPS) is 12.3. The van der Waals surface area contributed by atoms with Crippen molar-refractivity contribution < 1.29 is 4.42 Å². The number of furan rings is 1. The average molecular weight is 307 g/mol. The second kappa shape index (κ2) is 6.73. The zero-order valence-electron chi connectivity index (χ0n) is 13.6. The van der Waals surface area contributed by atoms with Crippen LogP contribution in [0.1, 0.15) is 43.5 Å². The van der Waals surface area contributed by atoms with Gasteiger partial charge in [0.1, 0.15) is 11.5 Å². The van der Waals surface area contributed by atoms with Gasteiger partial charge in [0.05, 0.1) is 17.7 Å². The van der Waals surface area contributed by atoms with Gasteiger partial charge in [-0.3, -0.25) is 4.90 Å². The molecule has 0 saturated carbocycles. The van der Waals surface area contributed by atoms with Crippen LogP contribution in [0.5, 0.6) is 0 Å². The molecule has 4 nitrogen and oxygen atoms in total. The van der Waals surface area contributed by atoms with Crippen molar-refractivity contribution >= 4 is 11.3 Å². The molecule has 5 heteroatoms. The molecule has 21 heavy (non-hydrogen) atoms. The van der Waals surface area contributed by atoms with E-state index in [-0.39, 0.29) is 5.54 Å². The standard InChI is InChI=1S/C16H25N3OS/c1-12-13(7-18-16(2,3)4)6-15(20-12)9-19(5)8-14-10-21-11-17-14/h6,10-11,18H,7-9H2,1-5H3. The SMILES string of the molecule is Cc1oc(CN(C)Cc2cscn2)cc1CNC(C)(C)C. The molecule has 2 rings (SSSR count). The van der Waals surface area contributed by atoms with Crippen LogP contribution in [0.4, 0.5) is 0 Å². The topological polar surface area (TPSA) is 41.3 Å². The molecular formula is C16H25N3OS. The van der Waals surface area contributed by atoms with E-state index in [1.54, 1.807) is 11.3 Å². The van der Waals surface area contributed by atoms with Crippen LogP contribution in [0.25, 0.3) is 0 Å². The predicted molar refractivity (Wildman–Crippen MR) is 87.3 cm³/mol. The Kier molecular flexibility index (Phi) is 5.19. The van der Waals surface area contributed by atoms with Gasteiger partial charge in [-0.1, -0.05) is 0 Å². The summed E-state index contributed by atoms with van der Waals surface area (Å²) in [5.74, 6) is 2.01. The van der Waals surface area contributed by atoms with Crippen molar-refractivity contribution in [3.05, 3.63) is 39.7 Å².